The van der Waals surface area contributed by atoms with E-state index < -0.39 is 0 Å². The number of para-hydroxylation sites is 2. The highest BCUT2D eigenvalue weighted by Gasteiger charge is 2.15. The maximum absolute atomic E-state index is 6.00. The van der Waals surface area contributed by atoms with Crippen molar-refractivity contribution in [2.45, 2.75) is 0 Å². The Morgan fingerprint density at radius 1 is 1.04 bits per heavy atom. The summed E-state index contributed by atoms with van der Waals surface area (Å²) in [7, 11) is 3.78. The summed E-state index contributed by atoms with van der Waals surface area (Å²) in [5.74, 6) is 0.732. The van der Waals surface area contributed by atoms with Crippen LogP contribution in [-0.2, 0) is 0 Å². The first-order chi connectivity index (χ1) is 12.2. The van der Waals surface area contributed by atoms with Gasteiger partial charge in [0.05, 0.1) is 11.9 Å². The molecule has 0 bridgehead atoms. The lowest BCUT2D eigenvalue weighted by atomic mass is 10.2. The number of rotatable bonds is 4. The molecule has 2 heterocycles. The van der Waals surface area contributed by atoms with Gasteiger partial charge < -0.3 is 9.43 Å². The Labute approximate surface area is 145 Å². The predicted molar refractivity (Wildman–Crippen MR) is 100 cm³/mol. The van der Waals surface area contributed by atoms with Crippen LogP contribution in [0.15, 0.2) is 76.4 Å². The summed E-state index contributed by atoms with van der Waals surface area (Å²) >= 11 is 0. The molecule has 0 atom stereocenters. The van der Waals surface area contributed by atoms with Crippen molar-refractivity contribution >= 4 is 17.2 Å². The largest absolute Gasteiger partial charge is 0.454 e. The zero-order valence-corrected chi connectivity index (χ0v) is 14.1. The molecule has 0 saturated heterocycles. The minimum Gasteiger partial charge on any atom is -0.454 e. The third-order valence-electron chi connectivity index (χ3n) is 3.85. The van der Waals surface area contributed by atoms with Crippen LogP contribution in [0.2, 0.25) is 0 Å². The molecule has 0 amide bonds. The molecule has 5 nitrogen and oxygen atoms in total. The number of fused-ring (bicyclic) bond motifs is 1. The van der Waals surface area contributed by atoms with Gasteiger partial charge in [-0.25, -0.2) is 4.68 Å². The van der Waals surface area contributed by atoms with Gasteiger partial charge in [-0.2, -0.15) is 10.2 Å². The van der Waals surface area contributed by atoms with E-state index in [9.17, 15) is 0 Å². The van der Waals surface area contributed by atoms with E-state index in [4.69, 9.17) is 9.52 Å². The molecule has 124 valence electrons. The van der Waals surface area contributed by atoms with Gasteiger partial charge in [0.1, 0.15) is 11.3 Å². The Morgan fingerprint density at radius 3 is 2.56 bits per heavy atom. The third-order valence-corrected chi connectivity index (χ3v) is 3.85. The molecular weight excluding hydrogens is 312 g/mol. The first-order valence-electron chi connectivity index (χ1n) is 8.06. The minimum absolute atomic E-state index is 0.732. The van der Waals surface area contributed by atoms with Crippen molar-refractivity contribution in [2.75, 3.05) is 14.1 Å². The van der Waals surface area contributed by atoms with Gasteiger partial charge in [0, 0.05) is 31.2 Å². The fourth-order valence-corrected chi connectivity index (χ4v) is 2.66. The summed E-state index contributed by atoms with van der Waals surface area (Å²) in [6.45, 7) is 0. The van der Waals surface area contributed by atoms with E-state index in [2.05, 4.69) is 5.10 Å². The van der Waals surface area contributed by atoms with Crippen LogP contribution >= 0.6 is 0 Å². The lowest BCUT2D eigenvalue weighted by Gasteiger charge is -2.01. The van der Waals surface area contributed by atoms with Gasteiger partial charge in [-0.15, -0.1) is 0 Å². The number of benzene rings is 2. The number of aromatic nitrogens is 2. The zero-order valence-electron chi connectivity index (χ0n) is 14.1. The van der Waals surface area contributed by atoms with Crippen LogP contribution in [0.3, 0.4) is 0 Å². The standard InChI is InChI=1S/C20H18N4O/c1-23(2)21-13-16-14-24(17-9-4-3-5-10-17)22-20(16)19-12-15-8-6-7-11-18(15)25-19/h3-14H,1-2H3. The van der Waals surface area contributed by atoms with Crippen molar-refractivity contribution in [3.8, 4) is 17.1 Å². The Kier molecular flexibility index (Phi) is 3.82. The topological polar surface area (TPSA) is 46.6 Å². The molecule has 4 aromatic rings. The second kappa shape index (κ2) is 6.28. The number of hydrogen-bond acceptors (Lipinski definition) is 4. The van der Waals surface area contributed by atoms with Crippen molar-refractivity contribution < 1.29 is 4.42 Å². The van der Waals surface area contributed by atoms with Gasteiger partial charge in [0.25, 0.3) is 0 Å². The van der Waals surface area contributed by atoms with Crippen molar-refractivity contribution in [1.82, 2.24) is 14.8 Å². The lowest BCUT2D eigenvalue weighted by molar-refractivity contribution is 0.440. The molecule has 0 aliphatic heterocycles. The molecule has 0 radical (unpaired) electrons. The zero-order chi connectivity index (χ0) is 17.2. The first kappa shape index (κ1) is 15.2. The van der Waals surface area contributed by atoms with Crippen molar-refractivity contribution in [3.05, 3.63) is 72.4 Å². The van der Waals surface area contributed by atoms with Gasteiger partial charge >= 0.3 is 0 Å². The van der Waals surface area contributed by atoms with Gasteiger partial charge in [0.2, 0.25) is 0 Å². The highest BCUT2D eigenvalue weighted by molar-refractivity contribution is 5.90. The molecule has 2 aromatic carbocycles. The molecule has 0 spiro atoms. The average Bonchev–Trinajstić information content (AvgIpc) is 3.24. The molecule has 5 heteroatoms. The smallest absolute Gasteiger partial charge is 0.156 e. The Bertz CT molecular complexity index is 995. The highest BCUT2D eigenvalue weighted by atomic mass is 16.3. The van der Waals surface area contributed by atoms with Crippen molar-refractivity contribution in [2.24, 2.45) is 5.10 Å². The fourth-order valence-electron chi connectivity index (χ4n) is 2.66. The van der Waals surface area contributed by atoms with Gasteiger partial charge in [-0.05, 0) is 24.3 Å². The summed E-state index contributed by atoms with van der Waals surface area (Å²) < 4.78 is 7.85. The Hall–Kier alpha value is -3.34. The van der Waals surface area contributed by atoms with Crippen molar-refractivity contribution in [1.29, 1.82) is 0 Å². The van der Waals surface area contributed by atoms with E-state index in [0.717, 1.165) is 33.7 Å². The molecule has 0 aliphatic rings. The van der Waals surface area contributed by atoms with Crippen LogP contribution in [-0.4, -0.2) is 35.1 Å². The average molecular weight is 330 g/mol. The molecule has 0 N–H and O–H groups in total. The monoisotopic (exact) mass is 330 g/mol. The van der Waals surface area contributed by atoms with E-state index in [0.29, 0.717) is 0 Å². The van der Waals surface area contributed by atoms with Gasteiger partial charge in [-0.3, -0.25) is 0 Å². The van der Waals surface area contributed by atoms with E-state index in [1.807, 2.05) is 85.6 Å². The maximum Gasteiger partial charge on any atom is 0.156 e. The van der Waals surface area contributed by atoms with E-state index in [1.54, 1.807) is 11.2 Å². The maximum atomic E-state index is 6.00. The minimum atomic E-state index is 0.732. The predicted octanol–water partition coefficient (Wildman–Crippen LogP) is 4.18. The molecule has 0 aliphatic carbocycles. The second-order valence-corrected chi connectivity index (χ2v) is 5.95. The summed E-state index contributed by atoms with van der Waals surface area (Å²) in [4.78, 5) is 0. The summed E-state index contributed by atoms with van der Waals surface area (Å²) in [6.07, 6.45) is 3.76. The number of nitrogens with zero attached hydrogens (tertiary/aromatic N) is 4. The van der Waals surface area contributed by atoms with Gasteiger partial charge in [-0.1, -0.05) is 36.4 Å². The molecular formula is C20H18N4O. The van der Waals surface area contributed by atoms with Crippen LogP contribution in [0, 0.1) is 0 Å². The Morgan fingerprint density at radius 2 is 1.80 bits per heavy atom. The first-order valence-corrected chi connectivity index (χ1v) is 8.06. The summed E-state index contributed by atoms with van der Waals surface area (Å²) in [5, 5.41) is 11.9. The Balaban J connectivity index is 1.85. The molecule has 25 heavy (non-hydrogen) atoms. The van der Waals surface area contributed by atoms with Crippen LogP contribution in [0.25, 0.3) is 28.1 Å². The summed E-state index contributed by atoms with van der Waals surface area (Å²) in [6, 6.07) is 20.0. The highest BCUT2D eigenvalue weighted by Crippen LogP contribution is 2.29. The van der Waals surface area contributed by atoms with E-state index in [1.165, 1.54) is 0 Å². The van der Waals surface area contributed by atoms with Crippen LogP contribution in [0.5, 0.6) is 0 Å². The van der Waals surface area contributed by atoms with Crippen molar-refractivity contribution in [3.63, 3.8) is 0 Å². The number of hydrogen-bond donors (Lipinski definition) is 0. The van der Waals surface area contributed by atoms with E-state index in [-0.39, 0.29) is 0 Å². The molecule has 0 fully saturated rings. The molecule has 4 rings (SSSR count). The number of furan rings is 1. The van der Waals surface area contributed by atoms with E-state index >= 15 is 0 Å². The fraction of sp³-hybridized carbons (Fsp3) is 0.100. The molecule has 2 aromatic heterocycles. The van der Waals surface area contributed by atoms with Crippen LogP contribution < -0.4 is 0 Å². The molecule has 0 unspecified atom stereocenters. The molecule has 0 saturated carbocycles. The summed E-state index contributed by atoms with van der Waals surface area (Å²) in [5.41, 5.74) is 3.51. The second-order valence-electron chi connectivity index (χ2n) is 5.95. The SMILES string of the molecule is CN(C)N=Cc1cn(-c2ccccc2)nc1-c1cc2ccccc2o1. The van der Waals surface area contributed by atoms with Crippen LogP contribution in [0.1, 0.15) is 5.56 Å². The quantitative estimate of drug-likeness (QED) is 0.416. The third kappa shape index (κ3) is 3.04. The van der Waals surface area contributed by atoms with Crippen LogP contribution in [0.4, 0.5) is 0 Å². The van der Waals surface area contributed by atoms with Gasteiger partial charge in [0.15, 0.2) is 5.76 Å². The normalized spacial score (nSPS) is 11.4. The number of hydrazone groups is 1. The lowest BCUT2D eigenvalue weighted by Crippen LogP contribution is -2.01.